The van der Waals surface area contributed by atoms with Crippen LogP contribution < -0.4 is 34.9 Å². The number of hydrogen-bond acceptors (Lipinski definition) is 4. The number of ether oxygens (including phenoxy) is 4. The first kappa shape index (κ1) is 30.8. The fraction of sp³-hybridized carbons (Fsp3) is 0.471. The molecule has 0 bridgehead atoms. The van der Waals surface area contributed by atoms with Crippen molar-refractivity contribution in [2.24, 2.45) is 0 Å². The Morgan fingerprint density at radius 3 is 1.08 bits per heavy atom. The van der Waals surface area contributed by atoms with Crippen molar-refractivity contribution >= 4 is 23.8 Å². The third-order valence-electron chi connectivity index (χ3n) is 6.41. The van der Waals surface area contributed by atoms with Crippen molar-refractivity contribution in [1.82, 2.24) is 0 Å². The molecule has 0 saturated carbocycles. The van der Waals surface area contributed by atoms with Crippen LogP contribution in [0, 0.1) is 0 Å². The lowest BCUT2D eigenvalue weighted by atomic mass is 10.3. The monoisotopic (exact) mass is 550 g/mol. The Kier molecular flexibility index (Phi) is 14.1. The first-order chi connectivity index (χ1) is 19.2. The molecule has 0 aromatic heterocycles. The van der Waals surface area contributed by atoms with Gasteiger partial charge >= 0.3 is 0 Å². The molecular weight excluding hydrogens is 503 g/mol. The molecule has 0 unspecified atom stereocenters. The second-order valence-corrected chi connectivity index (χ2v) is 11.8. The van der Waals surface area contributed by atoms with Gasteiger partial charge in [-0.1, -0.05) is 95.8 Å². The summed E-state index contributed by atoms with van der Waals surface area (Å²) in [5, 5.41) is 3.40. The van der Waals surface area contributed by atoms with Gasteiger partial charge in [-0.2, -0.15) is 0 Å². The summed E-state index contributed by atoms with van der Waals surface area (Å²) in [4.78, 5) is 0. The lowest BCUT2D eigenvalue weighted by Crippen LogP contribution is -2.27. The molecule has 0 aliphatic carbocycles. The molecule has 0 heterocycles. The molecule has 0 aliphatic rings. The molecule has 0 saturated heterocycles. The predicted molar refractivity (Wildman–Crippen MR) is 167 cm³/mol. The molecule has 212 valence electrons. The fourth-order valence-electron chi connectivity index (χ4n) is 4.16. The van der Waals surface area contributed by atoms with Gasteiger partial charge in [-0.15, -0.1) is 0 Å². The summed E-state index contributed by atoms with van der Waals surface area (Å²) in [5.41, 5.74) is 0. The maximum atomic E-state index is 6.48. The molecule has 39 heavy (non-hydrogen) atoms. The van der Waals surface area contributed by atoms with Gasteiger partial charge in [-0.05, 0) is 55.3 Å². The van der Waals surface area contributed by atoms with E-state index in [0.29, 0.717) is 26.4 Å². The van der Waals surface area contributed by atoms with Crippen LogP contribution in [-0.2, 0) is 0 Å². The van der Waals surface area contributed by atoms with Gasteiger partial charge in [-0.3, -0.25) is 0 Å². The zero-order valence-electron chi connectivity index (χ0n) is 24.4. The molecule has 3 aromatic carbocycles. The normalized spacial score (nSPS) is 11.0. The van der Waals surface area contributed by atoms with Crippen molar-refractivity contribution in [2.45, 2.75) is 79.1 Å². The average molecular weight is 551 g/mol. The Labute approximate surface area is 237 Å². The Bertz CT molecular complexity index is 962. The van der Waals surface area contributed by atoms with Crippen LogP contribution in [0.2, 0.25) is 0 Å². The van der Waals surface area contributed by atoms with E-state index in [0.717, 1.165) is 85.0 Å². The summed E-state index contributed by atoms with van der Waals surface area (Å²) in [7, 11) is -1.11. The molecule has 0 fully saturated rings. The van der Waals surface area contributed by atoms with E-state index in [1.807, 2.05) is 12.1 Å². The Morgan fingerprint density at radius 2 is 0.769 bits per heavy atom. The van der Waals surface area contributed by atoms with Gasteiger partial charge in [0.05, 0.1) is 37.0 Å². The van der Waals surface area contributed by atoms with E-state index in [4.69, 9.17) is 18.9 Å². The van der Waals surface area contributed by atoms with Crippen LogP contribution in [0.4, 0.5) is 0 Å². The highest BCUT2D eigenvalue weighted by Crippen LogP contribution is 2.46. The van der Waals surface area contributed by atoms with Gasteiger partial charge < -0.3 is 18.9 Å². The Balaban J connectivity index is 2.25. The maximum absolute atomic E-state index is 6.48. The van der Waals surface area contributed by atoms with Crippen molar-refractivity contribution in [2.75, 3.05) is 26.4 Å². The van der Waals surface area contributed by atoms with Gasteiger partial charge in [0.2, 0.25) is 0 Å². The maximum Gasteiger partial charge on any atom is 0.131 e. The van der Waals surface area contributed by atoms with E-state index >= 15 is 0 Å². The van der Waals surface area contributed by atoms with Crippen molar-refractivity contribution in [3.63, 3.8) is 0 Å². The molecule has 4 nitrogen and oxygen atoms in total. The first-order valence-corrected chi connectivity index (χ1v) is 16.2. The van der Waals surface area contributed by atoms with Crippen LogP contribution in [0.15, 0.2) is 66.7 Å². The number of rotatable bonds is 19. The predicted octanol–water partition coefficient (Wildman–Crippen LogP) is 8.16. The van der Waals surface area contributed by atoms with Crippen LogP contribution in [0.3, 0.4) is 0 Å². The molecule has 5 heteroatoms. The fourth-order valence-corrected chi connectivity index (χ4v) is 6.81. The molecular formula is C34H47O4P. The van der Waals surface area contributed by atoms with Crippen molar-refractivity contribution in [3.8, 4) is 23.0 Å². The van der Waals surface area contributed by atoms with E-state index in [1.165, 1.54) is 5.30 Å². The molecule has 0 radical (unpaired) electrons. The minimum absolute atomic E-state index is 0.675. The summed E-state index contributed by atoms with van der Waals surface area (Å²) >= 11 is 0. The van der Waals surface area contributed by atoms with E-state index in [1.54, 1.807) is 0 Å². The molecule has 0 spiro atoms. The SMILES string of the molecule is CCCCOc1cccc(OCCCC)c1P(c1ccccc1)c1c(OCCCC)cccc1OCCCC. The summed E-state index contributed by atoms with van der Waals surface area (Å²) < 4.78 is 25.9. The largest absolute Gasteiger partial charge is 0.493 e. The standard InChI is InChI=1S/C34H47O4P/c1-5-9-24-35-29-20-16-21-30(36-25-10-6-2)33(29)39(28-18-14-13-15-19-28)34-31(37-26-11-7-3)22-17-23-32(34)38-27-12-8-4/h13-23H,5-12,24-27H2,1-4H3. The van der Waals surface area contributed by atoms with Crippen LogP contribution in [0.1, 0.15) is 79.1 Å². The third-order valence-corrected chi connectivity index (χ3v) is 9.00. The molecule has 3 rings (SSSR count). The van der Waals surface area contributed by atoms with Crippen LogP contribution >= 0.6 is 7.92 Å². The number of unbranched alkanes of at least 4 members (excludes halogenated alkanes) is 4. The Morgan fingerprint density at radius 1 is 0.436 bits per heavy atom. The van der Waals surface area contributed by atoms with Crippen molar-refractivity contribution in [3.05, 3.63) is 66.7 Å². The minimum atomic E-state index is -1.11. The summed E-state index contributed by atoms with van der Waals surface area (Å²) in [6.07, 6.45) is 8.35. The van der Waals surface area contributed by atoms with E-state index in [-0.39, 0.29) is 0 Å². The quantitative estimate of drug-likeness (QED) is 0.111. The molecule has 3 aromatic rings. The molecule has 0 N–H and O–H groups in total. The van der Waals surface area contributed by atoms with Gasteiger partial charge in [0.1, 0.15) is 23.0 Å². The van der Waals surface area contributed by atoms with Crippen molar-refractivity contribution in [1.29, 1.82) is 0 Å². The third kappa shape index (κ3) is 9.17. The van der Waals surface area contributed by atoms with Crippen LogP contribution in [0.5, 0.6) is 23.0 Å². The zero-order chi connectivity index (χ0) is 27.7. The first-order valence-electron chi connectivity index (χ1n) is 14.9. The topological polar surface area (TPSA) is 36.9 Å². The average Bonchev–Trinajstić information content (AvgIpc) is 2.96. The molecule has 0 aliphatic heterocycles. The van der Waals surface area contributed by atoms with E-state index in [9.17, 15) is 0 Å². The lowest BCUT2D eigenvalue weighted by Gasteiger charge is -2.28. The summed E-state index contributed by atoms with van der Waals surface area (Å²) in [6.45, 7) is 11.5. The van der Waals surface area contributed by atoms with Crippen LogP contribution in [0.25, 0.3) is 0 Å². The highest BCUT2D eigenvalue weighted by molar-refractivity contribution is 7.80. The van der Waals surface area contributed by atoms with Crippen molar-refractivity contribution < 1.29 is 18.9 Å². The lowest BCUT2D eigenvalue weighted by molar-refractivity contribution is 0.298. The van der Waals surface area contributed by atoms with E-state index in [2.05, 4.69) is 82.3 Å². The van der Waals surface area contributed by atoms with Gasteiger partial charge in [0.25, 0.3) is 0 Å². The van der Waals surface area contributed by atoms with Gasteiger partial charge in [-0.25, -0.2) is 0 Å². The summed E-state index contributed by atoms with van der Waals surface area (Å²) in [6, 6.07) is 23.2. The second kappa shape index (κ2) is 17.8. The Hall–Kier alpha value is -2.71. The van der Waals surface area contributed by atoms with Crippen LogP contribution in [-0.4, -0.2) is 26.4 Å². The number of hydrogen-bond donors (Lipinski definition) is 0. The zero-order valence-corrected chi connectivity index (χ0v) is 25.3. The van der Waals surface area contributed by atoms with Gasteiger partial charge in [0.15, 0.2) is 0 Å². The highest BCUT2D eigenvalue weighted by atomic mass is 31.1. The second-order valence-electron chi connectivity index (χ2n) is 9.68. The minimum Gasteiger partial charge on any atom is -0.493 e. The smallest absolute Gasteiger partial charge is 0.131 e. The number of benzene rings is 3. The summed E-state index contributed by atoms with van der Waals surface area (Å²) in [5.74, 6) is 3.54. The van der Waals surface area contributed by atoms with E-state index < -0.39 is 7.92 Å². The molecule has 0 amide bonds. The highest BCUT2D eigenvalue weighted by Gasteiger charge is 2.30. The van der Waals surface area contributed by atoms with Gasteiger partial charge in [0, 0.05) is 7.92 Å². The molecule has 0 atom stereocenters.